The highest BCUT2D eigenvalue weighted by atomic mass is 32.2. The number of sulfonamides is 1. The second-order valence-corrected chi connectivity index (χ2v) is 11.7. The minimum Gasteiger partial charge on any atom is -0.497 e. The van der Waals surface area contributed by atoms with Crippen molar-refractivity contribution in [2.45, 2.75) is 78.9 Å². The first-order valence-electron chi connectivity index (χ1n) is 13.2. The van der Waals surface area contributed by atoms with Crippen LogP contribution in [0, 0.1) is 13.8 Å². The highest BCUT2D eigenvalue weighted by Gasteiger charge is 2.29. The number of rotatable bonds is 14. The van der Waals surface area contributed by atoms with E-state index in [0.717, 1.165) is 23.1 Å². The van der Waals surface area contributed by atoms with Gasteiger partial charge in [-0.25, -0.2) is 8.42 Å². The third-order valence-electron chi connectivity index (χ3n) is 6.80. The van der Waals surface area contributed by atoms with E-state index in [4.69, 9.17) is 4.74 Å². The number of carbonyl (C=O) groups is 2. The lowest BCUT2D eigenvalue weighted by Crippen LogP contribution is -2.50. The molecule has 2 amide bonds. The summed E-state index contributed by atoms with van der Waals surface area (Å²) >= 11 is 0. The topological polar surface area (TPSA) is 96.0 Å². The fourth-order valence-electron chi connectivity index (χ4n) is 4.21. The van der Waals surface area contributed by atoms with Crippen LogP contribution in [0.25, 0.3) is 0 Å². The second kappa shape index (κ2) is 14.2. The lowest BCUT2D eigenvalue weighted by atomic mass is 10.1. The van der Waals surface area contributed by atoms with Gasteiger partial charge in [-0.1, -0.05) is 32.0 Å². The van der Waals surface area contributed by atoms with Gasteiger partial charge in [0.25, 0.3) is 0 Å². The van der Waals surface area contributed by atoms with Crippen LogP contribution in [0.3, 0.4) is 0 Å². The standard InChI is InChI=1S/C29H43N3O5S/c1-8-23(5)30-29(34)27(9-2)31(20-24-12-10-13-26(19-24)37-6)28(33)14-11-17-32(38(7,35)36)25-16-15-21(3)22(4)18-25/h10,12-13,15-16,18-19,23,27H,8-9,11,14,17,20H2,1-7H3,(H,30,34)/t23-,27-/m1/s1. The molecule has 0 bridgehead atoms. The summed E-state index contributed by atoms with van der Waals surface area (Å²) in [5.41, 5.74) is 3.50. The largest absolute Gasteiger partial charge is 0.497 e. The first-order chi connectivity index (χ1) is 17.9. The number of aryl methyl sites for hydroxylation is 2. The molecule has 0 spiro atoms. The summed E-state index contributed by atoms with van der Waals surface area (Å²) in [7, 11) is -1.96. The summed E-state index contributed by atoms with van der Waals surface area (Å²) in [6, 6.07) is 12.3. The van der Waals surface area contributed by atoms with Crippen molar-refractivity contribution in [1.82, 2.24) is 10.2 Å². The highest BCUT2D eigenvalue weighted by Crippen LogP contribution is 2.23. The van der Waals surface area contributed by atoms with E-state index in [1.165, 1.54) is 10.6 Å². The molecule has 0 aromatic heterocycles. The van der Waals surface area contributed by atoms with E-state index < -0.39 is 16.1 Å². The Morgan fingerprint density at radius 3 is 2.32 bits per heavy atom. The van der Waals surface area contributed by atoms with Gasteiger partial charge in [0.05, 0.1) is 19.1 Å². The molecule has 210 valence electrons. The second-order valence-electron chi connectivity index (χ2n) is 9.82. The molecule has 2 aromatic carbocycles. The molecule has 0 saturated carbocycles. The van der Waals surface area contributed by atoms with Crippen molar-refractivity contribution >= 4 is 27.5 Å². The third-order valence-corrected chi connectivity index (χ3v) is 8.00. The molecule has 2 rings (SSSR count). The molecule has 9 heteroatoms. The van der Waals surface area contributed by atoms with Crippen molar-refractivity contribution in [3.05, 3.63) is 59.2 Å². The zero-order valence-electron chi connectivity index (χ0n) is 23.8. The Labute approximate surface area is 228 Å². The molecule has 38 heavy (non-hydrogen) atoms. The number of hydrogen-bond acceptors (Lipinski definition) is 5. The summed E-state index contributed by atoms with van der Waals surface area (Å²) in [5.74, 6) is 0.280. The van der Waals surface area contributed by atoms with Crippen molar-refractivity contribution in [2.24, 2.45) is 0 Å². The van der Waals surface area contributed by atoms with E-state index in [9.17, 15) is 18.0 Å². The van der Waals surface area contributed by atoms with Gasteiger partial charge in [0, 0.05) is 25.6 Å². The normalized spacial score (nSPS) is 12.9. The molecule has 0 unspecified atom stereocenters. The fraction of sp³-hybridized carbons (Fsp3) is 0.517. The average molecular weight is 546 g/mol. The van der Waals surface area contributed by atoms with Gasteiger partial charge in [-0.15, -0.1) is 0 Å². The Kier molecular flexibility index (Phi) is 11.6. The van der Waals surface area contributed by atoms with Crippen molar-refractivity contribution in [1.29, 1.82) is 0 Å². The van der Waals surface area contributed by atoms with Gasteiger partial charge in [-0.05, 0) is 81.0 Å². The van der Waals surface area contributed by atoms with Gasteiger partial charge >= 0.3 is 0 Å². The maximum atomic E-state index is 13.6. The number of nitrogens with one attached hydrogen (secondary N) is 1. The molecule has 2 atom stereocenters. The number of ether oxygens (including phenoxy) is 1. The maximum Gasteiger partial charge on any atom is 0.243 e. The van der Waals surface area contributed by atoms with Gasteiger partial charge < -0.3 is 15.0 Å². The summed E-state index contributed by atoms with van der Waals surface area (Å²) in [6.07, 6.45) is 2.83. The Morgan fingerprint density at radius 1 is 1.03 bits per heavy atom. The van der Waals surface area contributed by atoms with E-state index in [2.05, 4.69) is 5.32 Å². The van der Waals surface area contributed by atoms with Crippen LogP contribution in [0.5, 0.6) is 5.75 Å². The number of benzene rings is 2. The Hall–Kier alpha value is -3.07. The minimum atomic E-state index is -3.54. The van der Waals surface area contributed by atoms with Crippen molar-refractivity contribution in [3.8, 4) is 5.75 Å². The van der Waals surface area contributed by atoms with E-state index in [0.29, 0.717) is 24.3 Å². The Bertz CT molecular complexity index is 1200. The minimum absolute atomic E-state index is 0.00777. The Balaban J connectivity index is 2.26. The van der Waals surface area contributed by atoms with Crippen LogP contribution in [-0.4, -0.2) is 57.1 Å². The molecule has 0 fully saturated rings. The lowest BCUT2D eigenvalue weighted by Gasteiger charge is -2.32. The first kappa shape index (κ1) is 31.1. The van der Waals surface area contributed by atoms with E-state index in [1.54, 1.807) is 18.1 Å². The van der Waals surface area contributed by atoms with E-state index >= 15 is 0 Å². The summed E-state index contributed by atoms with van der Waals surface area (Å²) in [6.45, 7) is 10.1. The smallest absolute Gasteiger partial charge is 0.243 e. The summed E-state index contributed by atoms with van der Waals surface area (Å²) < 4.78 is 31.8. The van der Waals surface area contributed by atoms with Crippen molar-refractivity contribution in [2.75, 3.05) is 24.2 Å². The predicted octanol–water partition coefficient (Wildman–Crippen LogP) is 4.58. The molecule has 0 aliphatic carbocycles. The monoisotopic (exact) mass is 545 g/mol. The van der Waals surface area contributed by atoms with Gasteiger partial charge in [0.2, 0.25) is 21.8 Å². The fourth-order valence-corrected chi connectivity index (χ4v) is 5.17. The molecule has 0 heterocycles. The zero-order chi connectivity index (χ0) is 28.5. The first-order valence-corrected chi connectivity index (χ1v) is 15.0. The van der Waals surface area contributed by atoms with Crippen LogP contribution >= 0.6 is 0 Å². The van der Waals surface area contributed by atoms with E-state index in [1.807, 2.05) is 71.0 Å². The van der Waals surface area contributed by atoms with Crippen LogP contribution in [0.1, 0.15) is 63.1 Å². The number of nitrogens with zero attached hydrogens (tertiary/aromatic N) is 2. The quantitative estimate of drug-likeness (QED) is 0.375. The number of carbonyl (C=O) groups excluding carboxylic acids is 2. The SMILES string of the molecule is CC[C@@H](C)NC(=O)[C@@H](CC)N(Cc1cccc(OC)c1)C(=O)CCCN(c1ccc(C)c(C)c1)S(C)(=O)=O. The van der Waals surface area contributed by atoms with Gasteiger partial charge in [-0.3, -0.25) is 13.9 Å². The predicted molar refractivity (Wildman–Crippen MR) is 153 cm³/mol. The molecular weight excluding hydrogens is 502 g/mol. The molecule has 8 nitrogen and oxygen atoms in total. The Morgan fingerprint density at radius 2 is 1.74 bits per heavy atom. The average Bonchev–Trinajstić information content (AvgIpc) is 2.87. The third kappa shape index (κ3) is 8.75. The molecular formula is C29H43N3O5S. The summed E-state index contributed by atoms with van der Waals surface area (Å²) in [4.78, 5) is 28.3. The van der Waals surface area contributed by atoms with Crippen LogP contribution in [-0.2, 0) is 26.2 Å². The van der Waals surface area contributed by atoms with E-state index in [-0.39, 0.29) is 37.4 Å². The van der Waals surface area contributed by atoms with Crippen LogP contribution in [0.2, 0.25) is 0 Å². The van der Waals surface area contributed by atoms with Crippen LogP contribution in [0.4, 0.5) is 5.69 Å². The molecule has 1 N–H and O–H groups in total. The summed E-state index contributed by atoms with van der Waals surface area (Å²) in [5, 5.41) is 3.00. The van der Waals surface area contributed by atoms with Gasteiger partial charge in [-0.2, -0.15) is 0 Å². The highest BCUT2D eigenvalue weighted by molar-refractivity contribution is 7.92. The maximum absolute atomic E-state index is 13.6. The molecule has 2 aromatic rings. The van der Waals surface area contributed by atoms with Crippen molar-refractivity contribution < 1.29 is 22.7 Å². The lowest BCUT2D eigenvalue weighted by molar-refractivity contribution is -0.141. The van der Waals surface area contributed by atoms with Crippen LogP contribution in [0.15, 0.2) is 42.5 Å². The number of hydrogen-bond donors (Lipinski definition) is 1. The van der Waals surface area contributed by atoms with Crippen LogP contribution < -0.4 is 14.4 Å². The molecule has 0 radical (unpaired) electrons. The zero-order valence-corrected chi connectivity index (χ0v) is 24.6. The number of anilines is 1. The molecule has 0 saturated heterocycles. The van der Waals surface area contributed by atoms with Crippen molar-refractivity contribution in [3.63, 3.8) is 0 Å². The molecule has 0 aliphatic heterocycles. The molecule has 0 aliphatic rings. The number of amides is 2. The van der Waals surface area contributed by atoms with Gasteiger partial charge in [0.1, 0.15) is 11.8 Å². The van der Waals surface area contributed by atoms with Gasteiger partial charge in [0.15, 0.2) is 0 Å². The number of methoxy groups -OCH3 is 1.